The third-order valence-corrected chi connectivity index (χ3v) is 7.18. The lowest BCUT2D eigenvalue weighted by atomic mass is 9.74. The standard InChI is InChI=1S/C24H32ClN5O2S/c1-17-6-3-4-11-30(17)20-15-21(31-2)28-22(27-20)29-23(33)26-16-24(9-12-32-13-10-24)18-7-5-8-19(25)14-18/h5,7-8,14-15,17H,3-4,6,9-13,16H2,1-2H3,(H2,26,27,28,29,33)/t17-/m1/s1. The quantitative estimate of drug-likeness (QED) is 0.572. The number of rotatable bonds is 6. The van der Waals surface area contributed by atoms with Gasteiger partial charge in [-0.15, -0.1) is 0 Å². The van der Waals surface area contributed by atoms with E-state index in [1.54, 1.807) is 7.11 Å². The van der Waals surface area contributed by atoms with E-state index in [0.717, 1.165) is 43.1 Å². The predicted octanol–water partition coefficient (Wildman–Crippen LogP) is 4.55. The second-order valence-corrected chi connectivity index (χ2v) is 9.69. The summed E-state index contributed by atoms with van der Waals surface area (Å²) in [5.74, 6) is 1.81. The maximum absolute atomic E-state index is 6.29. The topological polar surface area (TPSA) is 71.5 Å². The van der Waals surface area contributed by atoms with Crippen molar-refractivity contribution in [2.24, 2.45) is 0 Å². The van der Waals surface area contributed by atoms with E-state index in [2.05, 4.69) is 33.5 Å². The van der Waals surface area contributed by atoms with Crippen molar-refractivity contribution < 1.29 is 9.47 Å². The fourth-order valence-electron chi connectivity index (χ4n) is 4.70. The molecule has 2 aromatic rings. The molecule has 0 spiro atoms. The molecule has 0 radical (unpaired) electrons. The van der Waals surface area contributed by atoms with Crippen molar-refractivity contribution in [2.45, 2.75) is 50.5 Å². The van der Waals surface area contributed by atoms with E-state index in [1.165, 1.54) is 12.0 Å². The van der Waals surface area contributed by atoms with Gasteiger partial charge in [-0.25, -0.2) is 0 Å². The van der Waals surface area contributed by atoms with Crippen molar-refractivity contribution in [3.63, 3.8) is 0 Å². The molecule has 0 bridgehead atoms. The van der Waals surface area contributed by atoms with Crippen LogP contribution >= 0.6 is 23.8 Å². The average molecular weight is 490 g/mol. The number of halogens is 1. The predicted molar refractivity (Wildman–Crippen MR) is 137 cm³/mol. The first-order valence-electron chi connectivity index (χ1n) is 11.6. The van der Waals surface area contributed by atoms with Crippen molar-refractivity contribution in [2.75, 3.05) is 43.6 Å². The van der Waals surface area contributed by atoms with E-state index < -0.39 is 0 Å². The van der Waals surface area contributed by atoms with Gasteiger partial charge in [0.1, 0.15) is 5.82 Å². The number of nitrogens with one attached hydrogen (secondary N) is 2. The van der Waals surface area contributed by atoms with Gasteiger partial charge in [0.2, 0.25) is 11.8 Å². The Morgan fingerprint density at radius 2 is 2.09 bits per heavy atom. The normalized spacial score (nSPS) is 20.2. The van der Waals surface area contributed by atoms with Crippen LogP contribution in [0.15, 0.2) is 30.3 Å². The van der Waals surface area contributed by atoms with Crippen LogP contribution in [0.25, 0.3) is 0 Å². The number of anilines is 2. The Hall–Kier alpha value is -2.16. The van der Waals surface area contributed by atoms with Crippen molar-refractivity contribution in [3.05, 3.63) is 40.9 Å². The largest absolute Gasteiger partial charge is 0.481 e. The number of methoxy groups -OCH3 is 1. The molecule has 1 aromatic carbocycles. The summed E-state index contributed by atoms with van der Waals surface area (Å²) in [7, 11) is 1.62. The van der Waals surface area contributed by atoms with Gasteiger partial charge < -0.3 is 25.0 Å². The van der Waals surface area contributed by atoms with E-state index in [9.17, 15) is 0 Å². The number of hydrogen-bond donors (Lipinski definition) is 2. The first kappa shape index (κ1) is 24.0. The van der Waals surface area contributed by atoms with Gasteiger partial charge >= 0.3 is 0 Å². The third-order valence-electron chi connectivity index (χ3n) is 6.70. The highest BCUT2D eigenvalue weighted by molar-refractivity contribution is 7.80. The summed E-state index contributed by atoms with van der Waals surface area (Å²) < 4.78 is 11.1. The molecule has 0 amide bonds. The van der Waals surface area contributed by atoms with E-state index in [1.807, 2.05) is 24.3 Å². The Kier molecular flexibility index (Phi) is 7.88. The van der Waals surface area contributed by atoms with Crippen molar-refractivity contribution >= 4 is 40.7 Å². The third kappa shape index (κ3) is 5.86. The molecule has 2 fully saturated rings. The minimum absolute atomic E-state index is 0.0987. The molecule has 2 saturated heterocycles. The van der Waals surface area contributed by atoms with Gasteiger partial charge in [-0.3, -0.25) is 0 Å². The lowest BCUT2D eigenvalue weighted by Gasteiger charge is -2.38. The first-order chi connectivity index (χ1) is 16.0. The molecule has 1 atom stereocenters. The second-order valence-electron chi connectivity index (χ2n) is 8.84. The molecule has 2 N–H and O–H groups in total. The van der Waals surface area contributed by atoms with Gasteiger partial charge in [0.15, 0.2) is 5.11 Å². The molecule has 178 valence electrons. The summed E-state index contributed by atoms with van der Waals surface area (Å²) in [5.41, 5.74) is 1.10. The fraction of sp³-hybridized carbons (Fsp3) is 0.542. The van der Waals surface area contributed by atoms with Crippen molar-refractivity contribution in [1.29, 1.82) is 0 Å². The molecule has 2 aliphatic rings. The molecule has 3 heterocycles. The van der Waals surface area contributed by atoms with Crippen LogP contribution in [0.5, 0.6) is 5.88 Å². The number of benzene rings is 1. The van der Waals surface area contributed by atoms with Gasteiger partial charge in [-0.05, 0) is 68.9 Å². The minimum Gasteiger partial charge on any atom is -0.481 e. The van der Waals surface area contributed by atoms with E-state index in [4.69, 9.17) is 38.3 Å². The van der Waals surface area contributed by atoms with Crippen LogP contribution in [-0.2, 0) is 10.2 Å². The molecule has 9 heteroatoms. The summed E-state index contributed by atoms with van der Waals surface area (Å²) in [6, 6.07) is 10.4. The van der Waals surface area contributed by atoms with Gasteiger partial charge in [-0.2, -0.15) is 9.97 Å². The summed E-state index contributed by atoms with van der Waals surface area (Å²) in [6.45, 7) is 5.31. The van der Waals surface area contributed by atoms with Gasteiger partial charge in [0.25, 0.3) is 0 Å². The van der Waals surface area contributed by atoms with Crippen LogP contribution in [0.3, 0.4) is 0 Å². The highest BCUT2D eigenvalue weighted by atomic mass is 35.5. The summed E-state index contributed by atoms with van der Waals surface area (Å²) in [6.07, 6.45) is 5.36. The Morgan fingerprint density at radius 3 is 2.82 bits per heavy atom. The minimum atomic E-state index is -0.0987. The average Bonchev–Trinajstić information content (AvgIpc) is 2.83. The van der Waals surface area contributed by atoms with E-state index >= 15 is 0 Å². The molecule has 33 heavy (non-hydrogen) atoms. The number of ether oxygens (including phenoxy) is 2. The summed E-state index contributed by atoms with van der Waals surface area (Å²) >= 11 is 11.9. The number of thiocarbonyl (C=S) groups is 1. The van der Waals surface area contributed by atoms with Gasteiger partial charge in [0.05, 0.1) is 7.11 Å². The van der Waals surface area contributed by atoms with Crippen molar-refractivity contribution in [1.82, 2.24) is 15.3 Å². The number of nitrogens with zero attached hydrogens (tertiary/aromatic N) is 3. The molecule has 0 saturated carbocycles. The van der Waals surface area contributed by atoms with Gasteiger partial charge in [-0.1, -0.05) is 23.7 Å². The molecule has 7 nitrogen and oxygen atoms in total. The monoisotopic (exact) mass is 489 g/mol. The van der Waals surface area contributed by atoms with Crippen LogP contribution in [0.2, 0.25) is 5.02 Å². The number of aromatic nitrogens is 2. The Labute approximate surface area is 206 Å². The Balaban J connectivity index is 1.47. The van der Waals surface area contributed by atoms with Gasteiger partial charge in [0, 0.05) is 48.8 Å². The first-order valence-corrected chi connectivity index (χ1v) is 12.4. The maximum atomic E-state index is 6.29. The zero-order valence-electron chi connectivity index (χ0n) is 19.3. The van der Waals surface area contributed by atoms with Crippen LogP contribution in [0, 0.1) is 0 Å². The van der Waals surface area contributed by atoms with E-state index in [0.29, 0.717) is 42.7 Å². The summed E-state index contributed by atoms with van der Waals surface area (Å²) in [4.78, 5) is 11.5. The SMILES string of the molecule is COc1cc(N2CCCC[C@H]2C)nc(NC(=S)NCC2(c3cccc(Cl)c3)CCOCC2)n1. The lowest BCUT2D eigenvalue weighted by molar-refractivity contribution is 0.0515. The molecule has 1 aromatic heterocycles. The summed E-state index contributed by atoms with van der Waals surface area (Å²) in [5, 5.41) is 7.78. The molecule has 4 rings (SSSR count). The zero-order chi connectivity index (χ0) is 23.3. The fourth-order valence-corrected chi connectivity index (χ4v) is 5.06. The zero-order valence-corrected chi connectivity index (χ0v) is 20.8. The number of hydrogen-bond acceptors (Lipinski definition) is 6. The molecule has 2 aliphatic heterocycles. The molecule has 0 unspecified atom stereocenters. The van der Waals surface area contributed by atoms with Crippen LogP contribution < -0.4 is 20.3 Å². The molecule has 0 aliphatic carbocycles. The molecular formula is C24H32ClN5O2S. The van der Waals surface area contributed by atoms with Crippen molar-refractivity contribution in [3.8, 4) is 5.88 Å². The van der Waals surface area contributed by atoms with Crippen LogP contribution in [-0.4, -0.2) is 54.5 Å². The lowest BCUT2D eigenvalue weighted by Crippen LogP contribution is -2.45. The van der Waals surface area contributed by atoms with Crippen LogP contribution in [0.1, 0.15) is 44.6 Å². The Morgan fingerprint density at radius 1 is 1.27 bits per heavy atom. The highest BCUT2D eigenvalue weighted by Gasteiger charge is 2.34. The van der Waals surface area contributed by atoms with E-state index in [-0.39, 0.29) is 5.41 Å². The second kappa shape index (κ2) is 10.8. The highest BCUT2D eigenvalue weighted by Crippen LogP contribution is 2.35. The Bertz CT molecular complexity index is 970. The van der Waals surface area contributed by atoms with Crippen LogP contribution in [0.4, 0.5) is 11.8 Å². The maximum Gasteiger partial charge on any atom is 0.234 e. The smallest absolute Gasteiger partial charge is 0.234 e. The number of piperidine rings is 1. The molecular weight excluding hydrogens is 458 g/mol.